The Balaban J connectivity index is 3.19. The van der Waals surface area contributed by atoms with Crippen LogP contribution in [-0.4, -0.2) is 25.5 Å². The molecule has 0 heterocycles. The molecular weight excluding hydrogens is 264 g/mol. The largest absolute Gasteiger partial charge is 0.330 e. The normalized spacial score (nSPS) is 14.2. The maximum atomic E-state index is 5.89. The van der Waals surface area contributed by atoms with E-state index in [0.29, 0.717) is 12.6 Å². The number of hydrogen-bond acceptors (Lipinski definition) is 2. The van der Waals surface area contributed by atoms with Crippen LogP contribution < -0.4 is 5.73 Å². The number of benzene rings is 1. The second-order valence-electron chi connectivity index (χ2n) is 5.08. The van der Waals surface area contributed by atoms with E-state index in [1.807, 2.05) is 6.07 Å². The highest BCUT2D eigenvalue weighted by Crippen LogP contribution is 2.39. The predicted molar refractivity (Wildman–Crippen MR) is 73.4 cm³/mol. The lowest BCUT2D eigenvalue weighted by Gasteiger charge is -2.38. The molecule has 0 aliphatic rings. The zero-order valence-electron chi connectivity index (χ0n) is 10.5. The van der Waals surface area contributed by atoms with Gasteiger partial charge in [0.2, 0.25) is 0 Å². The summed E-state index contributed by atoms with van der Waals surface area (Å²) in [5, 5.41) is 0. The molecule has 3 heteroatoms. The summed E-state index contributed by atoms with van der Waals surface area (Å²) in [6.07, 6.45) is 0. The van der Waals surface area contributed by atoms with Crippen molar-refractivity contribution in [2.45, 2.75) is 19.9 Å². The summed E-state index contributed by atoms with van der Waals surface area (Å²) in [4.78, 5) is 2.23. The third-order valence-corrected chi connectivity index (χ3v) is 3.70. The van der Waals surface area contributed by atoms with Crippen LogP contribution in [0.4, 0.5) is 0 Å². The number of nitrogens with zero attached hydrogens (tertiary/aromatic N) is 1. The highest BCUT2D eigenvalue weighted by molar-refractivity contribution is 9.10. The molecule has 1 atom stereocenters. The van der Waals surface area contributed by atoms with Gasteiger partial charge in [0.25, 0.3) is 0 Å². The molecule has 0 fully saturated rings. The molecule has 0 spiro atoms. The quantitative estimate of drug-likeness (QED) is 0.921. The van der Waals surface area contributed by atoms with Crippen LogP contribution in [0.1, 0.15) is 25.5 Å². The monoisotopic (exact) mass is 284 g/mol. The smallest absolute Gasteiger partial charge is 0.0416 e. The number of halogens is 1. The standard InChI is InChI=1S/C13H21BrN2/c1-13(2,9-15)12(16(3)4)10-7-5-6-8-11(10)14/h5-8,12H,9,15H2,1-4H3. The van der Waals surface area contributed by atoms with Crippen molar-refractivity contribution in [1.29, 1.82) is 0 Å². The Labute approximate surface area is 107 Å². The van der Waals surface area contributed by atoms with Crippen molar-refractivity contribution < 1.29 is 0 Å². The van der Waals surface area contributed by atoms with Crippen LogP contribution in [-0.2, 0) is 0 Å². The van der Waals surface area contributed by atoms with E-state index >= 15 is 0 Å². The van der Waals surface area contributed by atoms with Gasteiger partial charge in [-0.15, -0.1) is 0 Å². The molecule has 0 aromatic heterocycles. The van der Waals surface area contributed by atoms with E-state index in [1.165, 1.54) is 5.56 Å². The highest BCUT2D eigenvalue weighted by atomic mass is 79.9. The zero-order valence-corrected chi connectivity index (χ0v) is 12.1. The summed E-state index contributed by atoms with van der Waals surface area (Å²) in [5.74, 6) is 0. The van der Waals surface area contributed by atoms with Gasteiger partial charge in [-0.2, -0.15) is 0 Å². The summed E-state index contributed by atoms with van der Waals surface area (Å²) < 4.78 is 1.15. The third kappa shape index (κ3) is 2.84. The summed E-state index contributed by atoms with van der Waals surface area (Å²) >= 11 is 3.62. The summed E-state index contributed by atoms with van der Waals surface area (Å²) in [6.45, 7) is 5.07. The number of rotatable bonds is 4. The Morgan fingerprint density at radius 1 is 1.31 bits per heavy atom. The third-order valence-electron chi connectivity index (χ3n) is 2.98. The van der Waals surface area contributed by atoms with Crippen LogP contribution >= 0.6 is 15.9 Å². The lowest BCUT2D eigenvalue weighted by atomic mass is 9.80. The molecule has 0 aliphatic heterocycles. The Hall–Kier alpha value is -0.380. The summed E-state index contributed by atoms with van der Waals surface area (Å²) in [5.41, 5.74) is 7.23. The molecular formula is C13H21BrN2. The fourth-order valence-electron chi connectivity index (χ4n) is 2.21. The first-order valence-electron chi connectivity index (χ1n) is 5.51. The van der Waals surface area contributed by atoms with Gasteiger partial charge in [0, 0.05) is 10.5 Å². The van der Waals surface area contributed by atoms with Crippen molar-refractivity contribution in [2.24, 2.45) is 11.1 Å². The second-order valence-corrected chi connectivity index (χ2v) is 5.93. The molecule has 1 aromatic rings. The van der Waals surface area contributed by atoms with Crippen molar-refractivity contribution >= 4 is 15.9 Å². The topological polar surface area (TPSA) is 29.3 Å². The highest BCUT2D eigenvalue weighted by Gasteiger charge is 2.32. The van der Waals surface area contributed by atoms with Gasteiger partial charge in [0.05, 0.1) is 0 Å². The molecule has 0 bridgehead atoms. The van der Waals surface area contributed by atoms with Gasteiger partial charge >= 0.3 is 0 Å². The maximum absolute atomic E-state index is 5.89. The van der Waals surface area contributed by atoms with E-state index in [-0.39, 0.29) is 5.41 Å². The minimum Gasteiger partial charge on any atom is -0.330 e. The molecule has 0 amide bonds. The van der Waals surface area contributed by atoms with Gasteiger partial charge in [-0.05, 0) is 37.7 Å². The Morgan fingerprint density at radius 3 is 2.31 bits per heavy atom. The Morgan fingerprint density at radius 2 is 1.88 bits per heavy atom. The SMILES string of the molecule is CN(C)C(c1ccccc1Br)C(C)(C)CN. The average Bonchev–Trinajstić information content (AvgIpc) is 2.20. The molecule has 0 saturated carbocycles. The van der Waals surface area contributed by atoms with Crippen LogP contribution in [0.5, 0.6) is 0 Å². The van der Waals surface area contributed by atoms with Gasteiger partial charge in [0.15, 0.2) is 0 Å². The minimum absolute atomic E-state index is 0.0490. The van der Waals surface area contributed by atoms with Gasteiger partial charge in [-0.3, -0.25) is 0 Å². The summed E-state index contributed by atoms with van der Waals surface area (Å²) in [6, 6.07) is 8.66. The zero-order chi connectivity index (χ0) is 12.3. The van der Waals surface area contributed by atoms with Crippen LogP contribution in [0.2, 0.25) is 0 Å². The van der Waals surface area contributed by atoms with Gasteiger partial charge < -0.3 is 10.6 Å². The van der Waals surface area contributed by atoms with E-state index in [1.54, 1.807) is 0 Å². The first kappa shape index (κ1) is 13.7. The van der Waals surface area contributed by atoms with Crippen molar-refractivity contribution in [3.05, 3.63) is 34.3 Å². The predicted octanol–water partition coefficient (Wildman–Crippen LogP) is 3.04. The van der Waals surface area contributed by atoms with Crippen molar-refractivity contribution in [3.63, 3.8) is 0 Å². The average molecular weight is 285 g/mol. The van der Waals surface area contributed by atoms with Gasteiger partial charge in [-0.1, -0.05) is 48.0 Å². The fraction of sp³-hybridized carbons (Fsp3) is 0.538. The van der Waals surface area contributed by atoms with E-state index in [2.05, 4.69) is 67.0 Å². The van der Waals surface area contributed by atoms with Crippen LogP contribution in [0.25, 0.3) is 0 Å². The maximum Gasteiger partial charge on any atom is 0.0416 e. The van der Waals surface area contributed by atoms with E-state index in [4.69, 9.17) is 5.73 Å². The van der Waals surface area contributed by atoms with E-state index in [9.17, 15) is 0 Å². The molecule has 0 saturated heterocycles. The first-order chi connectivity index (χ1) is 7.40. The molecule has 16 heavy (non-hydrogen) atoms. The first-order valence-corrected chi connectivity index (χ1v) is 6.30. The van der Waals surface area contributed by atoms with Crippen LogP contribution in [0.3, 0.4) is 0 Å². The molecule has 0 radical (unpaired) electrons. The van der Waals surface area contributed by atoms with E-state index in [0.717, 1.165) is 4.47 Å². The molecule has 1 aromatic carbocycles. The molecule has 2 N–H and O–H groups in total. The molecule has 90 valence electrons. The number of nitrogens with two attached hydrogens (primary N) is 1. The fourth-order valence-corrected chi connectivity index (χ4v) is 2.71. The van der Waals surface area contributed by atoms with Crippen molar-refractivity contribution in [2.75, 3.05) is 20.6 Å². The Bertz CT molecular complexity index is 348. The lowest BCUT2D eigenvalue weighted by Crippen LogP contribution is -2.38. The molecule has 0 aliphatic carbocycles. The molecule has 2 nitrogen and oxygen atoms in total. The van der Waals surface area contributed by atoms with E-state index < -0.39 is 0 Å². The van der Waals surface area contributed by atoms with Crippen LogP contribution in [0, 0.1) is 5.41 Å². The lowest BCUT2D eigenvalue weighted by molar-refractivity contribution is 0.142. The van der Waals surface area contributed by atoms with Crippen LogP contribution in [0.15, 0.2) is 28.7 Å². The second kappa shape index (κ2) is 5.30. The summed E-state index contributed by atoms with van der Waals surface area (Å²) in [7, 11) is 4.20. The van der Waals surface area contributed by atoms with Crippen molar-refractivity contribution in [3.8, 4) is 0 Å². The molecule has 1 rings (SSSR count). The van der Waals surface area contributed by atoms with Gasteiger partial charge in [0.1, 0.15) is 0 Å². The Kier molecular flexibility index (Phi) is 4.53. The minimum atomic E-state index is 0.0490. The number of hydrogen-bond donors (Lipinski definition) is 1. The molecule has 1 unspecified atom stereocenters. The van der Waals surface area contributed by atoms with Gasteiger partial charge in [-0.25, -0.2) is 0 Å². The van der Waals surface area contributed by atoms with Crippen molar-refractivity contribution in [1.82, 2.24) is 4.90 Å².